The van der Waals surface area contributed by atoms with E-state index < -0.39 is 0 Å². The Morgan fingerprint density at radius 2 is 2.06 bits per heavy atom. The van der Waals surface area contributed by atoms with Gasteiger partial charge >= 0.3 is 5.97 Å². The van der Waals surface area contributed by atoms with Crippen LogP contribution in [0.25, 0.3) is 0 Å². The molecular weight excluding hydrogens is 240 g/mol. The summed E-state index contributed by atoms with van der Waals surface area (Å²) >= 11 is 4.98. The monoisotopic (exact) mass is 254 g/mol. The lowest BCUT2D eigenvalue weighted by Gasteiger charge is -2.09. The minimum Gasteiger partial charge on any atom is -0.465 e. The van der Waals surface area contributed by atoms with Gasteiger partial charge in [0.2, 0.25) is 0 Å². The maximum absolute atomic E-state index is 11.2. The molecule has 0 aliphatic carbocycles. The van der Waals surface area contributed by atoms with Crippen LogP contribution < -0.4 is 10.6 Å². The minimum atomic E-state index is -0.377. The molecule has 0 saturated heterocycles. The zero-order valence-corrected chi connectivity index (χ0v) is 10.2. The summed E-state index contributed by atoms with van der Waals surface area (Å²) in [6.45, 7) is 0.412. The van der Waals surface area contributed by atoms with E-state index in [2.05, 4.69) is 15.4 Å². The highest BCUT2D eigenvalue weighted by Gasteiger charge is 2.04. The third kappa shape index (κ3) is 4.38. The van der Waals surface area contributed by atoms with Crippen LogP contribution in [0.5, 0.6) is 0 Å². The summed E-state index contributed by atoms with van der Waals surface area (Å²) in [6.07, 6.45) is 0. The normalized spacial score (nSPS) is 9.53. The number of methoxy groups -OCH3 is 1. The largest absolute Gasteiger partial charge is 0.465 e. The van der Waals surface area contributed by atoms with Crippen molar-refractivity contribution >= 4 is 29.0 Å². The van der Waals surface area contributed by atoms with Gasteiger partial charge in [-0.2, -0.15) is 0 Å². The van der Waals surface area contributed by atoms with E-state index in [0.717, 1.165) is 5.69 Å². The van der Waals surface area contributed by atoms with Crippen LogP contribution in [0.2, 0.25) is 0 Å². The molecule has 0 fully saturated rings. The van der Waals surface area contributed by atoms with Crippen LogP contribution in [-0.4, -0.2) is 36.4 Å². The van der Waals surface area contributed by atoms with E-state index in [1.54, 1.807) is 24.3 Å². The number of ether oxygens (including phenoxy) is 1. The number of aliphatic hydroxyl groups excluding tert-OH is 1. The molecular formula is C11H14N2O3S. The fourth-order valence-corrected chi connectivity index (χ4v) is 1.37. The maximum atomic E-state index is 11.2. The molecule has 0 atom stereocenters. The van der Waals surface area contributed by atoms with Crippen molar-refractivity contribution in [3.63, 3.8) is 0 Å². The fourth-order valence-electron chi connectivity index (χ4n) is 1.15. The highest BCUT2D eigenvalue weighted by Crippen LogP contribution is 2.10. The van der Waals surface area contributed by atoms with E-state index in [0.29, 0.717) is 17.2 Å². The molecule has 3 N–H and O–H groups in total. The minimum absolute atomic E-state index is 0.0170. The number of carbonyl (C=O) groups excluding carboxylic acids is 1. The molecule has 0 heterocycles. The van der Waals surface area contributed by atoms with E-state index in [-0.39, 0.29) is 12.6 Å². The average Bonchev–Trinajstić information content (AvgIpc) is 2.36. The molecule has 0 saturated carbocycles. The zero-order chi connectivity index (χ0) is 12.7. The molecule has 17 heavy (non-hydrogen) atoms. The molecule has 5 nitrogen and oxygen atoms in total. The fraction of sp³-hybridized carbons (Fsp3) is 0.273. The molecule has 1 aromatic rings. The van der Waals surface area contributed by atoms with Crippen molar-refractivity contribution in [2.45, 2.75) is 0 Å². The van der Waals surface area contributed by atoms with Crippen molar-refractivity contribution < 1.29 is 14.6 Å². The first kappa shape index (κ1) is 13.4. The topological polar surface area (TPSA) is 70.6 Å². The van der Waals surface area contributed by atoms with Gasteiger partial charge in [0.1, 0.15) is 0 Å². The Kier molecular flexibility index (Phi) is 5.38. The van der Waals surface area contributed by atoms with Gasteiger partial charge in [-0.25, -0.2) is 4.79 Å². The molecule has 0 unspecified atom stereocenters. The Morgan fingerprint density at radius 3 is 2.59 bits per heavy atom. The molecule has 0 bridgehead atoms. The lowest BCUT2D eigenvalue weighted by Crippen LogP contribution is -2.30. The Balaban J connectivity index is 2.56. The number of hydrogen-bond acceptors (Lipinski definition) is 4. The molecule has 0 aliphatic rings. The average molecular weight is 254 g/mol. The van der Waals surface area contributed by atoms with Crippen molar-refractivity contribution in [2.24, 2.45) is 0 Å². The molecule has 0 aliphatic heterocycles. The lowest BCUT2D eigenvalue weighted by atomic mass is 10.2. The van der Waals surface area contributed by atoms with E-state index in [1.165, 1.54) is 7.11 Å². The number of thiocarbonyl (C=S) groups is 1. The van der Waals surface area contributed by atoms with Gasteiger partial charge in [0.05, 0.1) is 19.3 Å². The van der Waals surface area contributed by atoms with Crippen molar-refractivity contribution in [1.29, 1.82) is 0 Å². The third-order valence-electron chi connectivity index (χ3n) is 1.96. The van der Waals surface area contributed by atoms with Gasteiger partial charge in [0.15, 0.2) is 5.11 Å². The molecule has 1 rings (SSSR count). The Hall–Kier alpha value is -1.66. The second-order valence-electron chi connectivity index (χ2n) is 3.17. The van der Waals surface area contributed by atoms with Gasteiger partial charge in [0.25, 0.3) is 0 Å². The summed E-state index contributed by atoms with van der Waals surface area (Å²) in [5.74, 6) is -0.377. The van der Waals surface area contributed by atoms with Gasteiger partial charge in [-0.15, -0.1) is 0 Å². The summed E-state index contributed by atoms with van der Waals surface area (Å²) in [6, 6.07) is 6.73. The first-order chi connectivity index (χ1) is 8.17. The molecule has 0 amide bonds. The predicted octanol–water partition coefficient (Wildman–Crippen LogP) is 0.752. The second-order valence-corrected chi connectivity index (χ2v) is 3.58. The van der Waals surface area contributed by atoms with Gasteiger partial charge in [0, 0.05) is 12.2 Å². The Labute approximate surface area is 105 Å². The van der Waals surface area contributed by atoms with Crippen molar-refractivity contribution in [2.75, 3.05) is 25.6 Å². The Morgan fingerprint density at radius 1 is 1.41 bits per heavy atom. The van der Waals surface area contributed by atoms with Crippen LogP contribution in [-0.2, 0) is 4.74 Å². The number of rotatable bonds is 4. The molecule has 0 aromatic heterocycles. The third-order valence-corrected chi connectivity index (χ3v) is 2.21. The van der Waals surface area contributed by atoms with E-state index >= 15 is 0 Å². The molecule has 0 radical (unpaired) electrons. The van der Waals surface area contributed by atoms with Crippen molar-refractivity contribution in [3.05, 3.63) is 29.8 Å². The van der Waals surface area contributed by atoms with Crippen LogP contribution in [0.1, 0.15) is 10.4 Å². The smallest absolute Gasteiger partial charge is 0.337 e. The highest BCUT2D eigenvalue weighted by atomic mass is 32.1. The number of aliphatic hydroxyl groups is 1. The number of benzene rings is 1. The van der Waals surface area contributed by atoms with E-state index in [1.807, 2.05) is 0 Å². The SMILES string of the molecule is COC(=O)c1ccc(NC(=S)NCCO)cc1. The van der Waals surface area contributed by atoms with Crippen LogP contribution in [0.4, 0.5) is 5.69 Å². The van der Waals surface area contributed by atoms with E-state index in [9.17, 15) is 4.79 Å². The summed E-state index contributed by atoms with van der Waals surface area (Å²) in [5.41, 5.74) is 1.24. The number of anilines is 1. The summed E-state index contributed by atoms with van der Waals surface area (Å²) in [7, 11) is 1.34. The van der Waals surface area contributed by atoms with Crippen molar-refractivity contribution in [3.8, 4) is 0 Å². The number of nitrogens with one attached hydrogen (secondary N) is 2. The maximum Gasteiger partial charge on any atom is 0.337 e. The first-order valence-electron chi connectivity index (χ1n) is 5.01. The van der Waals surface area contributed by atoms with Gasteiger partial charge in [-0.1, -0.05) is 0 Å². The first-order valence-corrected chi connectivity index (χ1v) is 5.42. The number of esters is 1. The summed E-state index contributed by atoms with van der Waals surface area (Å²) < 4.78 is 4.59. The highest BCUT2D eigenvalue weighted by molar-refractivity contribution is 7.80. The van der Waals surface area contributed by atoms with Crippen LogP contribution in [0.15, 0.2) is 24.3 Å². The van der Waals surface area contributed by atoms with Crippen LogP contribution in [0.3, 0.4) is 0 Å². The molecule has 6 heteroatoms. The summed E-state index contributed by atoms with van der Waals surface area (Å²) in [5, 5.41) is 14.8. The van der Waals surface area contributed by atoms with E-state index in [4.69, 9.17) is 17.3 Å². The number of carbonyl (C=O) groups is 1. The van der Waals surface area contributed by atoms with Crippen LogP contribution >= 0.6 is 12.2 Å². The lowest BCUT2D eigenvalue weighted by molar-refractivity contribution is 0.0601. The quantitative estimate of drug-likeness (QED) is 0.544. The van der Waals surface area contributed by atoms with Gasteiger partial charge < -0.3 is 20.5 Å². The molecule has 92 valence electrons. The predicted molar refractivity (Wildman–Crippen MR) is 69.1 cm³/mol. The second kappa shape index (κ2) is 6.82. The van der Waals surface area contributed by atoms with Gasteiger partial charge in [-0.3, -0.25) is 0 Å². The molecule has 0 spiro atoms. The molecule has 1 aromatic carbocycles. The summed E-state index contributed by atoms with van der Waals surface area (Å²) in [4.78, 5) is 11.2. The number of hydrogen-bond donors (Lipinski definition) is 3. The van der Waals surface area contributed by atoms with Gasteiger partial charge in [-0.05, 0) is 36.5 Å². The Bertz CT molecular complexity index is 392. The zero-order valence-electron chi connectivity index (χ0n) is 9.40. The standard InChI is InChI=1S/C11H14N2O3S/c1-16-10(15)8-2-4-9(5-3-8)13-11(17)12-6-7-14/h2-5,14H,6-7H2,1H3,(H2,12,13,17). The van der Waals surface area contributed by atoms with Crippen molar-refractivity contribution in [1.82, 2.24) is 5.32 Å². The van der Waals surface area contributed by atoms with Crippen LogP contribution in [0, 0.1) is 0 Å².